The van der Waals surface area contributed by atoms with Crippen molar-refractivity contribution in [2.45, 2.75) is 25.8 Å². The summed E-state index contributed by atoms with van der Waals surface area (Å²) in [6, 6.07) is 3.36. The Morgan fingerprint density at radius 2 is 2.28 bits per heavy atom. The van der Waals surface area contributed by atoms with Gasteiger partial charge in [-0.3, -0.25) is 4.79 Å². The fourth-order valence-corrected chi connectivity index (χ4v) is 1.83. The fourth-order valence-electron chi connectivity index (χ4n) is 1.48. The van der Waals surface area contributed by atoms with E-state index in [1.807, 2.05) is 6.92 Å². The van der Waals surface area contributed by atoms with Crippen LogP contribution >= 0.6 is 23.8 Å². The zero-order valence-electron chi connectivity index (χ0n) is 9.87. The number of nitrogens with one attached hydrogen (secondary N) is 1. The molecule has 1 aromatic carbocycles. The van der Waals surface area contributed by atoms with Crippen molar-refractivity contribution in [3.63, 3.8) is 0 Å². The molecule has 1 atom stereocenters. The minimum atomic E-state index is -0.630. The van der Waals surface area contributed by atoms with Gasteiger partial charge in [0, 0.05) is 5.02 Å². The molecule has 0 saturated carbocycles. The number of carbonyl (C=O) groups is 1. The normalized spacial score (nSPS) is 11.9. The van der Waals surface area contributed by atoms with Crippen molar-refractivity contribution in [3.8, 4) is 0 Å². The van der Waals surface area contributed by atoms with Crippen LogP contribution in [0.3, 0.4) is 0 Å². The maximum atomic E-state index is 13.5. The largest absolute Gasteiger partial charge is 0.392 e. The van der Waals surface area contributed by atoms with Gasteiger partial charge in [0.1, 0.15) is 5.82 Å². The van der Waals surface area contributed by atoms with Gasteiger partial charge in [-0.15, -0.1) is 0 Å². The summed E-state index contributed by atoms with van der Waals surface area (Å²) in [7, 11) is 0. The lowest BCUT2D eigenvalue weighted by Gasteiger charge is -2.16. The predicted octanol–water partition coefficient (Wildman–Crippen LogP) is 2.66. The summed E-state index contributed by atoms with van der Waals surface area (Å²) in [6.07, 6.45) is 1.42. The Hall–Kier alpha value is -1.20. The number of thiocarbonyl (C=S) groups is 1. The molecule has 0 aliphatic heterocycles. The molecule has 0 radical (unpaired) electrons. The first kappa shape index (κ1) is 14.9. The van der Waals surface area contributed by atoms with Gasteiger partial charge in [-0.2, -0.15) is 0 Å². The molecule has 1 aromatic rings. The monoisotopic (exact) mass is 288 g/mol. The molecule has 1 rings (SSSR count). The van der Waals surface area contributed by atoms with Crippen molar-refractivity contribution >= 4 is 34.7 Å². The van der Waals surface area contributed by atoms with E-state index in [0.29, 0.717) is 11.4 Å². The highest BCUT2D eigenvalue weighted by Gasteiger charge is 2.18. The van der Waals surface area contributed by atoms with Gasteiger partial charge in [0.15, 0.2) is 0 Å². The molecule has 98 valence electrons. The van der Waals surface area contributed by atoms with Crippen molar-refractivity contribution in [2.24, 2.45) is 5.73 Å². The highest BCUT2D eigenvalue weighted by atomic mass is 35.5. The number of carbonyl (C=O) groups excluding carboxylic acids is 1. The average Bonchev–Trinajstić information content (AvgIpc) is 2.31. The summed E-state index contributed by atoms with van der Waals surface area (Å²) in [4.78, 5) is 12.1. The highest BCUT2D eigenvalue weighted by Crippen LogP contribution is 2.15. The van der Waals surface area contributed by atoms with E-state index < -0.39 is 17.8 Å². The van der Waals surface area contributed by atoms with Crippen LogP contribution in [0.5, 0.6) is 0 Å². The molecular weight excluding hydrogens is 275 g/mol. The van der Waals surface area contributed by atoms with Gasteiger partial charge >= 0.3 is 0 Å². The Morgan fingerprint density at radius 1 is 1.61 bits per heavy atom. The zero-order chi connectivity index (χ0) is 13.7. The van der Waals surface area contributed by atoms with Crippen LogP contribution in [0, 0.1) is 5.82 Å². The number of halogens is 2. The Morgan fingerprint density at radius 3 is 2.83 bits per heavy atom. The quantitative estimate of drug-likeness (QED) is 0.819. The van der Waals surface area contributed by atoms with Crippen molar-refractivity contribution < 1.29 is 9.18 Å². The lowest BCUT2D eigenvalue weighted by atomic mass is 10.1. The molecule has 18 heavy (non-hydrogen) atoms. The smallest absolute Gasteiger partial charge is 0.254 e. The number of hydrogen-bond donors (Lipinski definition) is 2. The summed E-state index contributed by atoms with van der Waals surface area (Å²) in [5, 5.41) is 2.89. The molecule has 3 nitrogen and oxygen atoms in total. The van der Waals surface area contributed by atoms with Gasteiger partial charge < -0.3 is 11.1 Å². The van der Waals surface area contributed by atoms with Gasteiger partial charge in [-0.1, -0.05) is 37.2 Å². The maximum Gasteiger partial charge on any atom is 0.254 e. The summed E-state index contributed by atoms with van der Waals surface area (Å²) < 4.78 is 13.5. The molecule has 0 fully saturated rings. The van der Waals surface area contributed by atoms with Crippen molar-refractivity contribution in [3.05, 3.63) is 34.6 Å². The zero-order valence-corrected chi connectivity index (χ0v) is 11.4. The topological polar surface area (TPSA) is 55.1 Å². The number of benzene rings is 1. The van der Waals surface area contributed by atoms with Gasteiger partial charge in [-0.05, 0) is 24.6 Å². The summed E-state index contributed by atoms with van der Waals surface area (Å²) in [5.74, 6) is -1.20. The van der Waals surface area contributed by atoms with E-state index >= 15 is 0 Å². The number of amides is 1. The second-order valence-corrected chi connectivity index (χ2v) is 4.75. The van der Waals surface area contributed by atoms with Crippen LogP contribution < -0.4 is 11.1 Å². The van der Waals surface area contributed by atoms with E-state index in [2.05, 4.69) is 5.32 Å². The van der Waals surface area contributed by atoms with Gasteiger partial charge in [0.2, 0.25) is 0 Å². The molecule has 1 amide bonds. The Labute approximate surface area is 115 Å². The molecule has 0 aliphatic carbocycles. The minimum Gasteiger partial charge on any atom is -0.392 e. The lowest BCUT2D eigenvalue weighted by molar-refractivity contribution is 0.0941. The van der Waals surface area contributed by atoms with E-state index in [0.717, 1.165) is 12.5 Å². The molecule has 0 heterocycles. The van der Waals surface area contributed by atoms with Crippen LogP contribution in [0.15, 0.2) is 18.2 Å². The third-order valence-corrected chi connectivity index (χ3v) is 2.92. The van der Waals surface area contributed by atoms with E-state index in [1.165, 1.54) is 12.1 Å². The highest BCUT2D eigenvalue weighted by molar-refractivity contribution is 7.80. The molecule has 6 heteroatoms. The van der Waals surface area contributed by atoms with E-state index in [9.17, 15) is 9.18 Å². The molecule has 0 saturated heterocycles. The SMILES string of the molecule is CCCC(NC(=O)c1cc(Cl)ccc1F)C(N)=S. The fraction of sp³-hybridized carbons (Fsp3) is 0.333. The first-order valence-electron chi connectivity index (χ1n) is 5.51. The molecule has 0 bridgehead atoms. The molecule has 1 unspecified atom stereocenters. The van der Waals surface area contributed by atoms with Crippen LogP contribution in [-0.4, -0.2) is 16.9 Å². The molecule has 0 aromatic heterocycles. The number of hydrogen-bond acceptors (Lipinski definition) is 2. The first-order valence-corrected chi connectivity index (χ1v) is 6.29. The van der Waals surface area contributed by atoms with Gasteiger partial charge in [0.25, 0.3) is 5.91 Å². The standard InChI is InChI=1S/C12H14ClFN2OS/c1-2-3-10(11(15)18)16-12(17)8-6-7(13)4-5-9(8)14/h4-6,10H,2-3H2,1H3,(H2,15,18)(H,16,17). The van der Waals surface area contributed by atoms with E-state index in [-0.39, 0.29) is 10.6 Å². The van der Waals surface area contributed by atoms with E-state index in [4.69, 9.17) is 29.6 Å². The van der Waals surface area contributed by atoms with Gasteiger partial charge in [-0.25, -0.2) is 4.39 Å². The number of nitrogens with two attached hydrogens (primary N) is 1. The van der Waals surface area contributed by atoms with Crippen LogP contribution in [-0.2, 0) is 0 Å². The average molecular weight is 289 g/mol. The number of rotatable bonds is 5. The molecule has 3 N–H and O–H groups in total. The van der Waals surface area contributed by atoms with Gasteiger partial charge in [0.05, 0.1) is 16.6 Å². The Kier molecular flexibility index (Phi) is 5.50. The third kappa shape index (κ3) is 3.92. The maximum absolute atomic E-state index is 13.5. The summed E-state index contributed by atoms with van der Waals surface area (Å²) >= 11 is 10.6. The van der Waals surface area contributed by atoms with Crippen LogP contribution in [0.2, 0.25) is 5.02 Å². The lowest BCUT2D eigenvalue weighted by Crippen LogP contribution is -2.43. The second-order valence-electron chi connectivity index (χ2n) is 3.84. The van der Waals surface area contributed by atoms with Crippen molar-refractivity contribution in [1.29, 1.82) is 0 Å². The minimum absolute atomic E-state index is 0.111. The molecule has 0 aliphatic rings. The first-order chi connectivity index (χ1) is 8.45. The molecule has 0 spiro atoms. The van der Waals surface area contributed by atoms with Crippen LogP contribution in [0.25, 0.3) is 0 Å². The second kappa shape index (κ2) is 6.66. The van der Waals surface area contributed by atoms with Crippen LogP contribution in [0.1, 0.15) is 30.1 Å². The summed E-state index contributed by atoms with van der Waals surface area (Å²) in [5.41, 5.74) is 5.40. The Balaban J connectivity index is 2.86. The van der Waals surface area contributed by atoms with Crippen molar-refractivity contribution in [1.82, 2.24) is 5.32 Å². The predicted molar refractivity (Wildman–Crippen MR) is 74.4 cm³/mol. The van der Waals surface area contributed by atoms with E-state index in [1.54, 1.807) is 0 Å². The third-order valence-electron chi connectivity index (χ3n) is 2.40. The van der Waals surface area contributed by atoms with Crippen molar-refractivity contribution in [2.75, 3.05) is 0 Å². The molecular formula is C12H14ClFN2OS. The Bertz CT molecular complexity index is 467. The van der Waals surface area contributed by atoms with Crippen LogP contribution in [0.4, 0.5) is 4.39 Å². The summed E-state index contributed by atoms with van der Waals surface area (Å²) in [6.45, 7) is 1.94.